The molecule has 0 radical (unpaired) electrons. The van der Waals surface area contributed by atoms with Gasteiger partial charge in [-0.15, -0.1) is 11.3 Å². The average Bonchev–Trinajstić information content (AvgIpc) is 2.92. The Morgan fingerprint density at radius 3 is 2.86 bits per heavy atom. The van der Waals surface area contributed by atoms with Crippen LogP contribution in [0.2, 0.25) is 0 Å². The molecule has 3 rings (SSSR count). The fourth-order valence-electron chi connectivity index (χ4n) is 2.15. The molecule has 2 heterocycles. The van der Waals surface area contributed by atoms with Crippen LogP contribution in [0.3, 0.4) is 0 Å². The first-order valence-electron chi connectivity index (χ1n) is 6.29. The molecule has 1 unspecified atom stereocenters. The van der Waals surface area contributed by atoms with Crippen LogP contribution < -0.4 is 9.64 Å². The number of carboxylic acids is 1. The van der Waals surface area contributed by atoms with E-state index in [1.807, 2.05) is 6.92 Å². The van der Waals surface area contributed by atoms with Gasteiger partial charge in [0.15, 0.2) is 0 Å². The quantitative estimate of drug-likeness (QED) is 0.917. The molecule has 7 heteroatoms. The van der Waals surface area contributed by atoms with E-state index in [9.17, 15) is 9.59 Å². The maximum absolute atomic E-state index is 12.6. The van der Waals surface area contributed by atoms with Crippen molar-refractivity contribution in [3.05, 3.63) is 40.3 Å². The van der Waals surface area contributed by atoms with Crippen molar-refractivity contribution >= 4 is 28.9 Å². The van der Waals surface area contributed by atoms with E-state index in [4.69, 9.17) is 9.84 Å². The second kappa shape index (κ2) is 5.17. The van der Waals surface area contributed by atoms with Gasteiger partial charge >= 0.3 is 5.97 Å². The Morgan fingerprint density at radius 2 is 2.19 bits per heavy atom. The van der Waals surface area contributed by atoms with Gasteiger partial charge in [-0.1, -0.05) is 12.1 Å². The van der Waals surface area contributed by atoms with Crippen molar-refractivity contribution in [3.63, 3.8) is 0 Å². The highest BCUT2D eigenvalue weighted by molar-refractivity contribution is 7.13. The lowest BCUT2D eigenvalue weighted by molar-refractivity contribution is -0.144. The lowest BCUT2D eigenvalue weighted by Crippen LogP contribution is -2.46. The van der Waals surface area contributed by atoms with Crippen LogP contribution in [0, 0.1) is 6.92 Å². The Morgan fingerprint density at radius 1 is 1.43 bits per heavy atom. The topological polar surface area (TPSA) is 79.7 Å². The van der Waals surface area contributed by atoms with Gasteiger partial charge in [0, 0.05) is 0 Å². The lowest BCUT2D eigenvalue weighted by atomic mass is 10.2. The maximum Gasteiger partial charge on any atom is 0.346 e. The van der Waals surface area contributed by atoms with Crippen molar-refractivity contribution in [1.29, 1.82) is 0 Å². The number of fused-ring (bicyclic) bond motifs is 1. The molecule has 1 aliphatic rings. The third-order valence-electron chi connectivity index (χ3n) is 3.13. The van der Waals surface area contributed by atoms with Crippen molar-refractivity contribution in [1.82, 2.24) is 4.98 Å². The molecule has 0 saturated carbocycles. The van der Waals surface area contributed by atoms with Gasteiger partial charge < -0.3 is 9.84 Å². The minimum Gasteiger partial charge on any atom is -0.478 e. The number of ether oxygens (including phenoxy) is 1. The van der Waals surface area contributed by atoms with E-state index in [0.717, 1.165) is 5.01 Å². The Labute approximate surface area is 124 Å². The molecule has 1 aromatic heterocycles. The molecule has 0 bridgehead atoms. The summed E-state index contributed by atoms with van der Waals surface area (Å²) in [4.78, 5) is 29.8. The number of aliphatic carboxylic acids is 1. The van der Waals surface area contributed by atoms with Crippen molar-refractivity contribution in [2.45, 2.75) is 13.0 Å². The molecule has 1 amide bonds. The van der Waals surface area contributed by atoms with Gasteiger partial charge in [-0.25, -0.2) is 9.78 Å². The zero-order valence-electron chi connectivity index (χ0n) is 11.1. The summed E-state index contributed by atoms with van der Waals surface area (Å²) in [6.07, 6.45) is 0.439. The van der Waals surface area contributed by atoms with Crippen LogP contribution in [0.25, 0.3) is 0 Å². The van der Waals surface area contributed by atoms with Crippen molar-refractivity contribution in [3.8, 4) is 5.75 Å². The number of rotatable bonds is 2. The minimum absolute atomic E-state index is 0.0257. The van der Waals surface area contributed by atoms with E-state index in [2.05, 4.69) is 4.98 Å². The number of para-hydroxylation sites is 2. The highest BCUT2D eigenvalue weighted by atomic mass is 32.1. The summed E-state index contributed by atoms with van der Waals surface area (Å²) in [7, 11) is 0. The molecule has 21 heavy (non-hydrogen) atoms. The molecule has 0 saturated heterocycles. The van der Waals surface area contributed by atoms with Crippen molar-refractivity contribution < 1.29 is 19.4 Å². The largest absolute Gasteiger partial charge is 0.478 e. The van der Waals surface area contributed by atoms with Crippen molar-refractivity contribution in [2.75, 3.05) is 11.4 Å². The summed E-state index contributed by atoms with van der Waals surface area (Å²) >= 11 is 1.28. The first-order valence-corrected chi connectivity index (χ1v) is 7.10. The normalized spacial score (nSPS) is 17.0. The van der Waals surface area contributed by atoms with Crippen LogP contribution >= 0.6 is 11.3 Å². The number of hydrogen-bond donors (Lipinski definition) is 1. The van der Waals surface area contributed by atoms with Crippen molar-refractivity contribution in [2.24, 2.45) is 0 Å². The van der Waals surface area contributed by atoms with E-state index in [1.54, 1.807) is 24.3 Å². The van der Waals surface area contributed by atoms with E-state index >= 15 is 0 Å². The molecule has 1 aliphatic heterocycles. The van der Waals surface area contributed by atoms with Gasteiger partial charge in [-0.2, -0.15) is 0 Å². The third-order valence-corrected chi connectivity index (χ3v) is 4.03. The lowest BCUT2D eigenvalue weighted by Gasteiger charge is -2.32. The summed E-state index contributed by atoms with van der Waals surface area (Å²) in [6, 6.07) is 6.91. The first kappa shape index (κ1) is 13.6. The zero-order chi connectivity index (χ0) is 15.0. The summed E-state index contributed by atoms with van der Waals surface area (Å²) in [6.45, 7) is 1.79. The number of thiazole rings is 1. The number of nitrogens with zero attached hydrogens (tertiary/aromatic N) is 2. The number of aryl methyl sites for hydroxylation is 1. The Bertz CT molecular complexity index is 713. The SMILES string of the molecule is Cc1ncc(C(=O)N2CC(C(=O)O)Oc3ccccc32)s1. The number of amides is 1. The second-order valence-corrected chi connectivity index (χ2v) is 5.81. The van der Waals surface area contributed by atoms with Gasteiger partial charge in [0.25, 0.3) is 5.91 Å². The maximum atomic E-state index is 12.6. The third kappa shape index (κ3) is 2.47. The van der Waals surface area contributed by atoms with E-state index < -0.39 is 12.1 Å². The zero-order valence-corrected chi connectivity index (χ0v) is 12.0. The smallest absolute Gasteiger partial charge is 0.346 e. The summed E-state index contributed by atoms with van der Waals surface area (Å²) < 4.78 is 5.41. The molecule has 1 aromatic carbocycles. The molecule has 0 spiro atoms. The number of aromatic nitrogens is 1. The molecular formula is C14H12N2O4S. The number of carbonyl (C=O) groups excluding carboxylic acids is 1. The predicted octanol–water partition coefficient (Wildman–Crippen LogP) is 1.94. The summed E-state index contributed by atoms with van der Waals surface area (Å²) in [5.41, 5.74) is 0.575. The fourth-order valence-corrected chi connectivity index (χ4v) is 2.88. The molecule has 1 N–H and O–H groups in total. The minimum atomic E-state index is -1.09. The molecular weight excluding hydrogens is 292 g/mol. The van der Waals surface area contributed by atoms with Gasteiger partial charge in [-0.3, -0.25) is 9.69 Å². The fraction of sp³-hybridized carbons (Fsp3) is 0.214. The molecule has 0 fully saturated rings. The van der Waals surface area contributed by atoms with Gasteiger partial charge in [-0.05, 0) is 19.1 Å². The highest BCUT2D eigenvalue weighted by Gasteiger charge is 2.34. The summed E-state index contributed by atoms with van der Waals surface area (Å²) in [5, 5.41) is 9.95. The first-order chi connectivity index (χ1) is 10.1. The molecule has 0 aliphatic carbocycles. The van der Waals surface area contributed by atoms with Crippen LogP contribution in [0.5, 0.6) is 5.75 Å². The summed E-state index contributed by atoms with van der Waals surface area (Å²) in [5.74, 6) is -0.962. The van der Waals surface area contributed by atoms with Gasteiger partial charge in [0.1, 0.15) is 10.6 Å². The van der Waals surface area contributed by atoms with Gasteiger partial charge in [0.2, 0.25) is 6.10 Å². The van der Waals surface area contributed by atoms with Crippen LogP contribution in [0.1, 0.15) is 14.7 Å². The predicted molar refractivity (Wildman–Crippen MR) is 77.0 cm³/mol. The van der Waals surface area contributed by atoms with E-state index in [-0.39, 0.29) is 12.5 Å². The average molecular weight is 304 g/mol. The van der Waals surface area contributed by atoms with Crippen LogP contribution in [-0.2, 0) is 4.79 Å². The molecule has 108 valence electrons. The second-order valence-electron chi connectivity index (χ2n) is 4.57. The molecule has 1 atom stereocenters. The van der Waals surface area contributed by atoms with Gasteiger partial charge in [0.05, 0.1) is 23.4 Å². The number of anilines is 1. The number of hydrogen-bond acceptors (Lipinski definition) is 5. The van der Waals surface area contributed by atoms with Crippen LogP contribution in [0.15, 0.2) is 30.5 Å². The van der Waals surface area contributed by atoms with E-state index in [0.29, 0.717) is 16.3 Å². The monoisotopic (exact) mass is 304 g/mol. The Hall–Kier alpha value is -2.41. The molecule has 2 aromatic rings. The highest BCUT2D eigenvalue weighted by Crippen LogP contribution is 2.34. The standard InChI is InChI=1S/C14H12N2O4S/c1-8-15-6-12(21-8)13(17)16-7-11(14(18)19)20-10-5-3-2-4-9(10)16/h2-6,11H,7H2,1H3,(H,18,19). The number of carbonyl (C=O) groups is 2. The van der Waals surface area contributed by atoms with Crippen LogP contribution in [-0.4, -0.2) is 34.6 Å². The van der Waals surface area contributed by atoms with E-state index in [1.165, 1.54) is 22.4 Å². The Balaban J connectivity index is 2.00. The Kier molecular flexibility index (Phi) is 3.34. The molecule has 6 nitrogen and oxygen atoms in total. The number of carboxylic acid groups (broad SMARTS) is 1. The van der Waals surface area contributed by atoms with Crippen LogP contribution in [0.4, 0.5) is 5.69 Å². The number of benzene rings is 1.